The minimum Gasteiger partial charge on any atom is -0.310 e. The number of benzene rings is 2. The fraction of sp³-hybridized carbons (Fsp3) is 0.227. The van der Waals surface area contributed by atoms with Crippen LogP contribution in [0.15, 0.2) is 58.1 Å². The molecule has 0 radical (unpaired) electrons. The van der Waals surface area contributed by atoms with Crippen LogP contribution in [0.2, 0.25) is 0 Å². The highest BCUT2D eigenvalue weighted by molar-refractivity contribution is 5.78. The predicted molar refractivity (Wildman–Crippen MR) is 113 cm³/mol. The second kappa shape index (κ2) is 6.69. The number of hydrogen-bond donors (Lipinski definition) is 0. The van der Waals surface area contributed by atoms with E-state index < -0.39 is 17.1 Å². The second-order valence-electron chi connectivity index (χ2n) is 7.50. The van der Waals surface area contributed by atoms with Crippen LogP contribution < -0.4 is 16.1 Å². The van der Waals surface area contributed by atoms with Gasteiger partial charge in [-0.2, -0.15) is 4.98 Å². The number of para-hydroxylation sites is 1. The number of halogens is 1. The van der Waals surface area contributed by atoms with Gasteiger partial charge in [0, 0.05) is 31.4 Å². The zero-order valence-corrected chi connectivity index (χ0v) is 16.7. The van der Waals surface area contributed by atoms with Gasteiger partial charge in [-0.3, -0.25) is 13.9 Å². The van der Waals surface area contributed by atoms with Crippen LogP contribution in [0.25, 0.3) is 11.2 Å². The second-order valence-corrected chi connectivity index (χ2v) is 7.50. The fourth-order valence-corrected chi connectivity index (χ4v) is 4.11. The molecule has 152 valence electrons. The van der Waals surface area contributed by atoms with E-state index in [1.807, 2.05) is 35.8 Å². The number of imidazole rings is 1. The van der Waals surface area contributed by atoms with E-state index in [0.717, 1.165) is 15.8 Å². The molecule has 0 amide bonds. The lowest BCUT2D eigenvalue weighted by Crippen LogP contribution is -2.40. The third-order valence-corrected chi connectivity index (χ3v) is 5.69. The first-order valence-electron chi connectivity index (χ1n) is 9.74. The molecule has 5 rings (SSSR count). The lowest BCUT2D eigenvalue weighted by Gasteiger charge is -2.18. The number of fused-ring (bicyclic) bond motifs is 3. The molecule has 3 heterocycles. The summed E-state index contributed by atoms with van der Waals surface area (Å²) in [6.07, 6.45) is 0. The fourth-order valence-electron chi connectivity index (χ4n) is 4.11. The summed E-state index contributed by atoms with van der Waals surface area (Å²) in [6, 6.07) is 14.1. The van der Waals surface area contributed by atoms with Gasteiger partial charge in [0.1, 0.15) is 5.82 Å². The molecule has 8 heteroatoms. The molecule has 30 heavy (non-hydrogen) atoms. The normalized spacial score (nSPS) is 13.2. The molecule has 0 spiro atoms. The maximum absolute atomic E-state index is 14.1. The Morgan fingerprint density at radius 2 is 1.77 bits per heavy atom. The van der Waals surface area contributed by atoms with Crippen LogP contribution in [0.1, 0.15) is 11.1 Å². The molecule has 2 aromatic heterocycles. The van der Waals surface area contributed by atoms with Gasteiger partial charge in [0.05, 0.1) is 6.54 Å². The van der Waals surface area contributed by atoms with Crippen molar-refractivity contribution >= 4 is 22.8 Å². The smallest absolute Gasteiger partial charge is 0.310 e. The van der Waals surface area contributed by atoms with Crippen LogP contribution in [-0.4, -0.2) is 25.2 Å². The third-order valence-electron chi connectivity index (χ3n) is 5.69. The van der Waals surface area contributed by atoms with E-state index in [-0.39, 0.29) is 6.54 Å². The molecule has 0 unspecified atom stereocenters. The van der Waals surface area contributed by atoms with Crippen LogP contribution in [0, 0.1) is 12.7 Å². The number of aryl methyl sites for hydroxylation is 2. The predicted octanol–water partition coefficient (Wildman–Crippen LogP) is 2.54. The zero-order chi connectivity index (χ0) is 21.0. The van der Waals surface area contributed by atoms with Crippen molar-refractivity contribution in [2.75, 3.05) is 11.4 Å². The van der Waals surface area contributed by atoms with E-state index in [0.29, 0.717) is 35.8 Å². The van der Waals surface area contributed by atoms with Crippen molar-refractivity contribution in [3.8, 4) is 0 Å². The molecule has 7 nitrogen and oxygen atoms in total. The molecule has 0 aliphatic carbocycles. The first-order chi connectivity index (χ1) is 14.5. The van der Waals surface area contributed by atoms with Crippen molar-refractivity contribution in [1.29, 1.82) is 0 Å². The van der Waals surface area contributed by atoms with Gasteiger partial charge in [0.15, 0.2) is 11.2 Å². The number of nitrogens with zero attached hydrogens (tertiary/aromatic N) is 5. The van der Waals surface area contributed by atoms with Crippen molar-refractivity contribution in [3.05, 3.63) is 86.3 Å². The van der Waals surface area contributed by atoms with Gasteiger partial charge in [-0.05, 0) is 24.6 Å². The average molecular weight is 405 g/mol. The summed E-state index contributed by atoms with van der Waals surface area (Å²) in [5.74, 6) is 0.186. The Bertz CT molecular complexity index is 1420. The van der Waals surface area contributed by atoms with Gasteiger partial charge in [-0.1, -0.05) is 36.4 Å². The number of aromatic nitrogens is 4. The molecule has 2 aromatic carbocycles. The molecule has 0 N–H and O–H groups in total. The molecular weight excluding hydrogens is 385 g/mol. The highest BCUT2D eigenvalue weighted by Gasteiger charge is 2.29. The molecule has 4 aromatic rings. The summed E-state index contributed by atoms with van der Waals surface area (Å²) < 4.78 is 18.4. The van der Waals surface area contributed by atoms with Gasteiger partial charge in [0.2, 0.25) is 5.95 Å². The Hall–Kier alpha value is -3.68. The molecule has 1 aliphatic heterocycles. The molecular formula is C22H20FN5O2. The monoisotopic (exact) mass is 405 g/mol. The van der Waals surface area contributed by atoms with Crippen LogP contribution in [-0.2, 0) is 20.1 Å². The van der Waals surface area contributed by atoms with Crippen molar-refractivity contribution in [3.63, 3.8) is 0 Å². The van der Waals surface area contributed by atoms with E-state index in [9.17, 15) is 14.0 Å². The Morgan fingerprint density at radius 1 is 1.03 bits per heavy atom. The molecule has 0 fully saturated rings. The number of anilines is 2. The summed E-state index contributed by atoms with van der Waals surface area (Å²) in [7, 11) is 1.59. The van der Waals surface area contributed by atoms with E-state index in [1.54, 1.807) is 25.2 Å². The number of rotatable bonds is 3. The lowest BCUT2D eigenvalue weighted by atomic mass is 10.2. The average Bonchev–Trinajstić information content (AvgIpc) is 3.31. The Morgan fingerprint density at radius 3 is 2.53 bits per heavy atom. The lowest BCUT2D eigenvalue weighted by molar-refractivity contribution is 0.582. The first kappa shape index (κ1) is 18.4. The van der Waals surface area contributed by atoms with Gasteiger partial charge in [-0.25, -0.2) is 9.18 Å². The van der Waals surface area contributed by atoms with Crippen LogP contribution in [0.3, 0.4) is 0 Å². The Labute approximate surface area is 171 Å². The van der Waals surface area contributed by atoms with Gasteiger partial charge < -0.3 is 9.47 Å². The van der Waals surface area contributed by atoms with Crippen molar-refractivity contribution in [2.45, 2.75) is 20.0 Å². The SMILES string of the molecule is Cc1ccccc1N1CCn2c1nc1c2c(=O)n(Cc2ccccc2F)c(=O)n1C. The molecule has 0 bridgehead atoms. The van der Waals surface area contributed by atoms with E-state index in [1.165, 1.54) is 10.6 Å². The molecule has 1 aliphatic rings. The maximum Gasteiger partial charge on any atom is 0.332 e. The standard InChI is InChI=1S/C22H20FN5O2/c1-14-7-3-6-10-17(14)26-11-12-27-18-19(24-21(26)27)25(2)22(30)28(20(18)29)13-15-8-4-5-9-16(15)23/h3-10H,11-13H2,1-2H3. The maximum atomic E-state index is 14.1. The van der Waals surface area contributed by atoms with E-state index in [4.69, 9.17) is 0 Å². The molecule has 0 saturated carbocycles. The molecule has 0 atom stereocenters. The Balaban J connectivity index is 1.71. The van der Waals surface area contributed by atoms with Crippen molar-refractivity contribution < 1.29 is 4.39 Å². The number of hydrogen-bond acceptors (Lipinski definition) is 4. The van der Waals surface area contributed by atoms with E-state index >= 15 is 0 Å². The minimum absolute atomic E-state index is 0.129. The van der Waals surface area contributed by atoms with E-state index in [2.05, 4.69) is 9.88 Å². The van der Waals surface area contributed by atoms with Gasteiger partial charge in [-0.15, -0.1) is 0 Å². The van der Waals surface area contributed by atoms with Gasteiger partial charge in [0.25, 0.3) is 5.56 Å². The highest BCUT2D eigenvalue weighted by Crippen LogP contribution is 2.33. The van der Waals surface area contributed by atoms with Gasteiger partial charge >= 0.3 is 5.69 Å². The zero-order valence-electron chi connectivity index (χ0n) is 16.7. The van der Waals surface area contributed by atoms with Crippen LogP contribution in [0.5, 0.6) is 0 Å². The summed E-state index contributed by atoms with van der Waals surface area (Å²) in [5, 5.41) is 0. The summed E-state index contributed by atoms with van der Waals surface area (Å²) in [4.78, 5) is 32.9. The summed E-state index contributed by atoms with van der Waals surface area (Å²) >= 11 is 0. The van der Waals surface area contributed by atoms with Crippen LogP contribution >= 0.6 is 0 Å². The minimum atomic E-state index is -0.519. The van der Waals surface area contributed by atoms with Crippen molar-refractivity contribution in [2.24, 2.45) is 7.05 Å². The first-order valence-corrected chi connectivity index (χ1v) is 9.74. The third kappa shape index (κ3) is 2.60. The quantitative estimate of drug-likeness (QED) is 0.526. The summed E-state index contributed by atoms with van der Waals surface area (Å²) in [5.41, 5.74) is 2.13. The largest absolute Gasteiger partial charge is 0.332 e. The molecule has 0 saturated heterocycles. The highest BCUT2D eigenvalue weighted by atomic mass is 19.1. The summed E-state index contributed by atoms with van der Waals surface area (Å²) in [6.45, 7) is 3.15. The topological polar surface area (TPSA) is 65.1 Å². The Kier molecular flexibility index (Phi) is 4.09. The van der Waals surface area contributed by atoms with Crippen LogP contribution in [0.4, 0.5) is 16.0 Å². The van der Waals surface area contributed by atoms with Crippen molar-refractivity contribution in [1.82, 2.24) is 18.7 Å².